The summed E-state index contributed by atoms with van der Waals surface area (Å²) in [6.45, 7) is 7.28. The van der Waals surface area contributed by atoms with Gasteiger partial charge in [0, 0.05) is 30.8 Å². The molecule has 8 amide bonds. The maximum Gasteiger partial charge on any atom is 0.411 e. The van der Waals surface area contributed by atoms with Crippen LogP contribution in [0.1, 0.15) is 44.2 Å². The van der Waals surface area contributed by atoms with Gasteiger partial charge in [0.2, 0.25) is 17.7 Å². The molecule has 1 aromatic carbocycles. The number of carbonyl (C=O) groups is 7. The lowest BCUT2D eigenvalue weighted by Gasteiger charge is -2.25. The van der Waals surface area contributed by atoms with E-state index >= 15 is 0 Å². The molecule has 1 aliphatic heterocycles. The van der Waals surface area contributed by atoms with Crippen LogP contribution in [0.4, 0.5) is 15.3 Å². The number of benzene rings is 1. The molecule has 0 saturated heterocycles. The van der Waals surface area contributed by atoms with Crippen molar-refractivity contribution in [3.05, 3.63) is 48.4 Å². The lowest BCUT2D eigenvalue weighted by atomic mass is 10.0. The molecule has 1 heterocycles. The summed E-state index contributed by atoms with van der Waals surface area (Å²) in [6.07, 6.45) is 12.5. The molecule has 0 unspecified atom stereocenters. The summed E-state index contributed by atoms with van der Waals surface area (Å²) in [4.78, 5) is 88.8. The smallest absolute Gasteiger partial charge is 0.411 e. The first-order chi connectivity index (χ1) is 24.3. The minimum Gasteiger partial charge on any atom is -0.436 e. The lowest BCUT2D eigenvalue weighted by Crippen LogP contribution is -2.54. The minimum absolute atomic E-state index is 0.00514. The average Bonchev–Trinajstić information content (AvgIpc) is 3.40. The first-order valence-electron chi connectivity index (χ1n) is 16.1. The fraction of sp³-hybridized carbons (Fsp3) is 0.429. The van der Waals surface area contributed by atoms with Crippen LogP contribution in [-0.4, -0.2) is 103 Å². The van der Waals surface area contributed by atoms with E-state index < -0.39 is 53.7 Å². The van der Waals surface area contributed by atoms with Crippen LogP contribution >= 0.6 is 0 Å². The van der Waals surface area contributed by atoms with Crippen molar-refractivity contribution in [3.8, 4) is 24.7 Å². The minimum atomic E-state index is -1.10. The molecule has 0 bridgehead atoms. The fourth-order valence-electron chi connectivity index (χ4n) is 4.68. The van der Waals surface area contributed by atoms with E-state index in [2.05, 4.69) is 40.0 Å². The number of rotatable bonds is 20. The molecule has 51 heavy (non-hydrogen) atoms. The highest BCUT2D eigenvalue weighted by molar-refractivity contribution is 6.12. The van der Waals surface area contributed by atoms with Gasteiger partial charge in [0.05, 0.1) is 32.8 Å². The van der Waals surface area contributed by atoms with Crippen molar-refractivity contribution in [2.24, 2.45) is 11.7 Å². The predicted octanol–water partition coefficient (Wildman–Crippen LogP) is 0.418. The van der Waals surface area contributed by atoms with Crippen LogP contribution in [0.3, 0.4) is 0 Å². The Kier molecular flexibility index (Phi) is 17.2. The third kappa shape index (κ3) is 14.3. The van der Waals surface area contributed by atoms with Crippen molar-refractivity contribution >= 4 is 47.3 Å². The summed E-state index contributed by atoms with van der Waals surface area (Å²) in [7, 11) is 0. The number of terminal acetylenes is 2. The highest BCUT2D eigenvalue weighted by Gasteiger charge is 2.29. The Morgan fingerprint density at radius 1 is 1.02 bits per heavy atom. The number of anilines is 1. The molecular formula is C35H44N7O9. The van der Waals surface area contributed by atoms with Crippen molar-refractivity contribution in [2.75, 3.05) is 44.8 Å². The first-order valence-corrected chi connectivity index (χ1v) is 16.1. The molecular weight excluding hydrogens is 662 g/mol. The summed E-state index contributed by atoms with van der Waals surface area (Å²) >= 11 is 0. The van der Waals surface area contributed by atoms with Gasteiger partial charge in [-0.25, -0.2) is 9.59 Å². The summed E-state index contributed by atoms with van der Waals surface area (Å²) in [5, 5.41) is 10.6. The van der Waals surface area contributed by atoms with E-state index in [1.807, 2.05) is 0 Å². The normalized spacial score (nSPS) is 13.1. The molecule has 1 aliphatic rings. The van der Waals surface area contributed by atoms with Gasteiger partial charge in [-0.1, -0.05) is 31.8 Å². The zero-order valence-electron chi connectivity index (χ0n) is 28.7. The Labute approximate surface area is 297 Å². The van der Waals surface area contributed by atoms with Gasteiger partial charge in [-0.3, -0.25) is 33.8 Å². The van der Waals surface area contributed by atoms with Gasteiger partial charge in [-0.05, 0) is 48.9 Å². The van der Waals surface area contributed by atoms with Crippen LogP contribution in [0, 0.1) is 37.5 Å². The number of nitrogens with two attached hydrogens (primary N) is 1. The van der Waals surface area contributed by atoms with Crippen LogP contribution in [0.15, 0.2) is 30.4 Å². The van der Waals surface area contributed by atoms with Crippen molar-refractivity contribution in [2.45, 2.75) is 51.7 Å². The van der Waals surface area contributed by atoms with Crippen LogP contribution < -0.4 is 27.0 Å². The molecule has 0 saturated carbocycles. The monoisotopic (exact) mass is 706 g/mol. The van der Waals surface area contributed by atoms with Gasteiger partial charge in [0.1, 0.15) is 12.1 Å². The second kappa shape index (κ2) is 21.3. The number of nitrogens with zero attached hydrogens (tertiary/aromatic N) is 2. The van der Waals surface area contributed by atoms with E-state index in [9.17, 15) is 33.6 Å². The molecule has 0 spiro atoms. The third-order valence-corrected chi connectivity index (χ3v) is 7.35. The average molecular weight is 707 g/mol. The van der Waals surface area contributed by atoms with E-state index in [1.165, 1.54) is 4.90 Å². The maximum absolute atomic E-state index is 13.5. The van der Waals surface area contributed by atoms with E-state index in [0.29, 0.717) is 16.8 Å². The van der Waals surface area contributed by atoms with E-state index in [1.54, 1.807) is 32.0 Å². The molecule has 1 aromatic rings. The van der Waals surface area contributed by atoms with Crippen LogP contribution in [0.25, 0.3) is 0 Å². The number of amides is 8. The second-order valence-electron chi connectivity index (χ2n) is 11.6. The zero-order chi connectivity index (χ0) is 37.9. The number of hydrogen-bond donors (Lipinski definition) is 5. The fourth-order valence-corrected chi connectivity index (χ4v) is 4.68. The van der Waals surface area contributed by atoms with Gasteiger partial charge in [-0.15, -0.1) is 12.8 Å². The number of imide groups is 1. The molecule has 0 fully saturated rings. The standard InChI is InChI=1S/C35H44N7O9/c1-6-16-41(35(49)51-18-7-2)22-25-21-26(11-10-24(25)5)38-32(46)27(9-8-15-37-34(36)48)39-33(47)31(23(3)4)40-28(43)14-19-50-20-17-42-29(44)12-13-30(42)45/h1-2,10-13,21,23,27,31H,5,8-9,14-20,22H2,3-4H3,(H,38,46)(H,39,47)(H,40,43)(H3,36,37,48)/t27-,31-/m0/s1. The Hall–Kier alpha value is -5.87. The van der Waals surface area contributed by atoms with E-state index in [4.69, 9.17) is 28.1 Å². The molecule has 2 rings (SSSR count). The Morgan fingerprint density at radius 2 is 1.73 bits per heavy atom. The SMILES string of the molecule is C#CCOC(=O)N(CC#C)Cc1cc(NC(=O)[C@H](CCCNC(N)=O)NC(=O)[C@@H](NC(=O)CCOCCN2C(=O)C=CC2=O)C(C)C)ccc1[CH2]. The Bertz CT molecular complexity index is 1540. The molecule has 0 aromatic heterocycles. The van der Waals surface area contributed by atoms with Gasteiger partial charge in [0.25, 0.3) is 11.8 Å². The quantitative estimate of drug-likeness (QED) is 0.0720. The summed E-state index contributed by atoms with van der Waals surface area (Å²) in [6, 6.07) is 1.96. The van der Waals surface area contributed by atoms with Crippen LogP contribution in [0.2, 0.25) is 0 Å². The van der Waals surface area contributed by atoms with Gasteiger partial charge >= 0.3 is 12.1 Å². The Balaban J connectivity index is 2.08. The highest BCUT2D eigenvalue weighted by atomic mass is 16.6. The van der Waals surface area contributed by atoms with Crippen molar-refractivity contribution < 1.29 is 43.0 Å². The summed E-state index contributed by atoms with van der Waals surface area (Å²) in [5.74, 6) is 1.64. The number of nitrogens with one attached hydrogen (secondary N) is 4. The summed E-state index contributed by atoms with van der Waals surface area (Å²) < 4.78 is 10.4. The van der Waals surface area contributed by atoms with Gasteiger partial charge in [-0.2, -0.15) is 0 Å². The number of primary amides is 1. The van der Waals surface area contributed by atoms with Crippen LogP contribution in [0.5, 0.6) is 0 Å². The lowest BCUT2D eigenvalue weighted by molar-refractivity contribution is -0.138. The predicted molar refractivity (Wildman–Crippen MR) is 186 cm³/mol. The first kappa shape index (κ1) is 41.3. The van der Waals surface area contributed by atoms with E-state index in [0.717, 1.165) is 17.1 Å². The molecule has 6 N–H and O–H groups in total. The van der Waals surface area contributed by atoms with Crippen LogP contribution in [-0.2, 0) is 40.0 Å². The molecule has 2 atom stereocenters. The molecule has 0 aliphatic carbocycles. The maximum atomic E-state index is 13.5. The highest BCUT2D eigenvalue weighted by Crippen LogP contribution is 2.19. The Morgan fingerprint density at radius 3 is 2.35 bits per heavy atom. The largest absolute Gasteiger partial charge is 0.436 e. The zero-order valence-corrected chi connectivity index (χ0v) is 28.7. The van der Waals surface area contributed by atoms with Crippen molar-refractivity contribution in [1.29, 1.82) is 0 Å². The molecule has 16 heteroatoms. The number of carbonyl (C=O) groups excluding carboxylic acids is 7. The van der Waals surface area contributed by atoms with Gasteiger partial charge in [0.15, 0.2) is 6.61 Å². The van der Waals surface area contributed by atoms with Crippen molar-refractivity contribution in [3.63, 3.8) is 0 Å². The number of ether oxygens (including phenoxy) is 2. The third-order valence-electron chi connectivity index (χ3n) is 7.35. The number of urea groups is 1. The molecule has 16 nitrogen and oxygen atoms in total. The van der Waals surface area contributed by atoms with Crippen molar-refractivity contribution in [1.82, 2.24) is 25.8 Å². The van der Waals surface area contributed by atoms with Gasteiger partial charge < -0.3 is 36.5 Å². The molecule has 1 radical (unpaired) electrons. The summed E-state index contributed by atoms with van der Waals surface area (Å²) in [5.41, 5.74) is 6.58. The number of hydrogen-bond acceptors (Lipinski definition) is 9. The van der Waals surface area contributed by atoms with E-state index in [-0.39, 0.29) is 71.2 Å². The molecule has 273 valence electrons. The topological polar surface area (TPSA) is 219 Å². The second-order valence-corrected chi connectivity index (χ2v) is 11.6.